The largest absolute Gasteiger partial charge is 0.442 e. The normalized spacial score (nSPS) is 13.9. The molecule has 4 saturated heterocycles. The molecule has 0 aromatic carbocycles. The number of hydrazine groups is 2. The number of amides is 13. The first kappa shape index (κ1) is 197. The minimum atomic E-state index is -0.581. The fourth-order valence-electron chi connectivity index (χ4n) is 10.5. The summed E-state index contributed by atoms with van der Waals surface area (Å²) in [5.41, 5.74) is 40.4. The van der Waals surface area contributed by atoms with E-state index in [4.69, 9.17) is 43.1 Å². The molecule has 0 saturated carbocycles. The Kier molecular flexibility index (Phi) is 191. The van der Waals surface area contributed by atoms with Gasteiger partial charge in [-0.05, 0) is 188 Å². The zero-order chi connectivity index (χ0) is 109. The number of likely N-dealkylation sites (N-methyl/N-ethyl adjacent to an activating group) is 2. The number of hydrogen-bond acceptors (Lipinski definition) is 43. The molecule has 13 amide bonds. The molecule has 1 aromatic rings. The number of hydrogen-bond donors (Lipinski definition) is 14. The van der Waals surface area contributed by atoms with Gasteiger partial charge in [0.25, 0.3) is 23.6 Å². The van der Waals surface area contributed by atoms with Gasteiger partial charge in [-0.3, -0.25) is 93.7 Å². The number of unbranched alkanes of at least 4 members (excludes halogenated alkanes) is 4. The molecule has 5 radical (unpaired) electrons. The molecule has 23 N–H and O–H groups in total. The van der Waals surface area contributed by atoms with Gasteiger partial charge in [-0.25, -0.2) is 25.4 Å². The van der Waals surface area contributed by atoms with Crippen molar-refractivity contribution in [2.24, 2.45) is 38.6 Å². The molecule has 5 aliphatic heterocycles. The predicted octanol–water partition coefficient (Wildman–Crippen LogP) is 9.41. The molecule has 41 nitrogen and oxygen atoms in total. The number of thioether (sulfide) groups is 3. The molecule has 0 spiro atoms. The van der Waals surface area contributed by atoms with Gasteiger partial charge in [-0.15, -0.1) is 28.6 Å². The zero-order valence-electron chi connectivity index (χ0n) is 84.4. The number of nitrogens with two attached hydrogens (primary N) is 5. The molecule has 0 aliphatic carbocycles. The smallest absolute Gasteiger partial charge is 0.373 e. The molecule has 3 unspecified atom stereocenters. The zero-order valence-corrected chi connectivity index (χ0v) is 110. The Balaban J connectivity index is -0.0000000641. The summed E-state index contributed by atoms with van der Waals surface area (Å²) in [4.78, 5) is 225. The third-order valence-corrected chi connectivity index (χ3v) is 22.5. The number of thiol groups is 1. The van der Waals surface area contributed by atoms with Crippen LogP contribution >= 0.6 is 149 Å². The molecule has 845 valence electrons. The minimum absolute atomic E-state index is 0. The summed E-state index contributed by atoms with van der Waals surface area (Å²) in [6.45, 7) is 21.8. The van der Waals surface area contributed by atoms with Crippen LogP contribution in [0.2, 0.25) is 0 Å². The van der Waals surface area contributed by atoms with Gasteiger partial charge in [-0.1, -0.05) is 98.6 Å². The maximum atomic E-state index is 12.1. The number of rotatable bonds is 46. The molecular weight excluding hydrogens is 2560 g/mol. The first-order chi connectivity index (χ1) is 65.9. The predicted molar refractivity (Wildman–Crippen MR) is 602 cm³/mol. The number of aldehydes is 3. The average Bonchev–Trinajstić information content (AvgIpc) is 1.69. The summed E-state index contributed by atoms with van der Waals surface area (Å²) >= 11 is 26.1. The van der Waals surface area contributed by atoms with Crippen molar-refractivity contribution in [1.82, 2.24) is 68.1 Å². The molecule has 61 heteroatoms. The van der Waals surface area contributed by atoms with Crippen LogP contribution in [0.3, 0.4) is 0 Å². The summed E-state index contributed by atoms with van der Waals surface area (Å²) in [6.07, 6.45) is 21.1. The van der Waals surface area contributed by atoms with Gasteiger partial charge >= 0.3 is 18.0 Å². The van der Waals surface area contributed by atoms with E-state index in [0.717, 1.165) is 100 Å². The molecule has 6 heterocycles. The second-order valence-corrected chi connectivity index (χ2v) is 34.5. The maximum absolute atomic E-state index is 12.1. The SMILES string of the molecule is C.C.C.C.CC.CC(C)N1C(=O)C=CC1=O.CC(C)N1C(=O)CC(SCCC(=O)NN[C@H](C=O)CCCCN)C1=O.CC(C)N1C(=O)CC(SCCN)C1=O.CN[C@@H](CCCCN)C([NH3+])=O.CN[C@H](C=O)CCCCN.CSC1CC(=O)N(C(C)C)C1=O.FN=P.FN=P.NCCCC[C@@H](C=O)NNC(=O)CCS.O=C(CCSSc1ccccn1)ON1C(=O)CCC1=O.O=C=O.[CH-]=S.[CH-]=S.[CH-]=S.[CH-]=S.[CH-]=S.[NH4+].[Y].[Y].[Y].[Y].[Y]. The number of thiocarbonyl (C=S) groups is 5. The van der Waals surface area contributed by atoms with Crippen molar-refractivity contribution in [3.8, 4) is 0 Å². The van der Waals surface area contributed by atoms with E-state index in [9.17, 15) is 90.5 Å². The Morgan fingerprint density at radius 3 is 1.12 bits per heavy atom. The van der Waals surface area contributed by atoms with Gasteiger partial charge in [0, 0.05) is 293 Å². The Hall–Kier alpha value is -1.25. The van der Waals surface area contributed by atoms with E-state index in [1.807, 2.05) is 79.8 Å². The number of nitrogens with one attached hydrogen (secondary N) is 6. The summed E-state index contributed by atoms with van der Waals surface area (Å²) in [6, 6.07) is 4.56. The van der Waals surface area contributed by atoms with E-state index in [1.54, 1.807) is 44.1 Å². The van der Waals surface area contributed by atoms with Crippen LogP contribution in [0.5, 0.6) is 0 Å². The van der Waals surface area contributed by atoms with Crippen LogP contribution in [0.4, 0.5) is 8.96 Å². The van der Waals surface area contributed by atoms with Crippen molar-refractivity contribution >= 4 is 286 Å². The summed E-state index contributed by atoms with van der Waals surface area (Å²) in [5, 5.41) is 6.49. The summed E-state index contributed by atoms with van der Waals surface area (Å²) in [5.74, 6) is 19.7. The molecular formula is C87H164F2N21O20P2S11Y5-3. The van der Waals surface area contributed by atoms with E-state index in [0.29, 0.717) is 80.6 Å². The quantitative estimate of drug-likeness (QED) is 0.00332. The van der Waals surface area contributed by atoms with Gasteiger partial charge in [0.15, 0.2) is 0 Å². The Bertz CT molecular complexity index is 3580. The third kappa shape index (κ3) is 108. The van der Waals surface area contributed by atoms with Gasteiger partial charge in [0.05, 0.1) is 40.3 Å². The molecule has 7 atom stereocenters. The van der Waals surface area contributed by atoms with Crippen molar-refractivity contribution in [1.29, 1.82) is 0 Å². The van der Waals surface area contributed by atoms with Crippen LogP contribution in [-0.4, -0.2) is 307 Å². The Morgan fingerprint density at radius 2 is 0.851 bits per heavy atom. The number of nitrogens with zero attached hydrogens (tertiary/aromatic N) is 8. The van der Waals surface area contributed by atoms with Crippen LogP contribution in [-0.2, 0) is 259 Å². The van der Waals surface area contributed by atoms with Gasteiger partial charge in [0.1, 0.15) is 29.9 Å². The van der Waals surface area contributed by atoms with Crippen molar-refractivity contribution < 1.29 is 274 Å². The number of carbonyl (C=O) groups is 17. The Labute approximate surface area is 1060 Å². The van der Waals surface area contributed by atoms with Crippen molar-refractivity contribution in [2.75, 3.05) is 76.1 Å². The maximum Gasteiger partial charge on any atom is 0.373 e. The van der Waals surface area contributed by atoms with Crippen LogP contribution < -0.4 is 72.9 Å². The summed E-state index contributed by atoms with van der Waals surface area (Å²) in [7, 11) is 10.8. The first-order valence-electron chi connectivity index (χ1n) is 42.5. The second-order valence-electron chi connectivity index (χ2n) is 27.6. The number of imide groups is 5. The number of halogens is 2. The van der Waals surface area contributed by atoms with Gasteiger partial charge < -0.3 is 155 Å². The molecule has 1 aromatic heterocycles. The Morgan fingerprint density at radius 1 is 0.527 bits per heavy atom. The number of quaternary nitrogens is 2. The van der Waals surface area contributed by atoms with Crippen molar-refractivity contribution in [2.45, 2.75) is 296 Å². The van der Waals surface area contributed by atoms with Crippen molar-refractivity contribution in [3.05, 3.63) is 36.5 Å². The average molecular weight is 2720 g/mol. The van der Waals surface area contributed by atoms with E-state index < -0.39 is 29.1 Å². The van der Waals surface area contributed by atoms with Crippen molar-refractivity contribution in [3.63, 3.8) is 0 Å². The number of hydroxylamine groups is 2. The standard InChI is InChI=1S/C16H28N4O4S.C12H12N2O4S2.C9H19N3O2S.C9H16N2O2S.C8H13NO2S.C7H17N3O.C7H16N2O.C7H9NO2.C2H6.CO2.5CHS.4CH4.2FHNP.H3N.5Y/c1-11(2)20-15(23)9-13(16(20)24)25-8-6-14(22)19-18-12(10-21)5-3-4-7-17;15-10-4-5-11(16)14(10)18-12(17)6-8-19-20-9-3-1-2-7-13-9;10-5-2-1-3-8(7-13)11-12-9(14)4-6-15;1-6(2)11-8(12)5-7(9(11)13)14-4-3-10;1-5(2)9-7(10)4-6(12-3)8(9)11;1-10-6(7(9)11)4-2-3-5-8;1-9-7(6-10)4-2-3-5-8;1-5(2)8-6(9)3-4-7(8)10;1-2;2-1-3;5*1-2;;;;;2*1-2-3;;;;;;/h10-13,18H,3-9,17H2,1-2H3,(H,19,22);1-3,7H,4-6,8H2;7-8,11,15H,1-6,10H2,(H,12,14);6-7H,3-5,10H2,1-2H3;5-6H,4H2,1-3H3;6,10H,2-5,8H2,1H3,(H2,9,11);6-7,9H,2-5,8H2,1H3;3-5H,1-2H3;1-2H3;;5*1H;4*1H4;2*3H;1H3;;;;;/q;;;;;;;;;;5*-1;;;;;;;;;;;;/p+2/t12-,13?;;8-;;;6-;7-;;;;;;;;;;;;;;;;;;;;/m0.0..00..................../s1. The second kappa shape index (κ2) is 144. The van der Waals surface area contributed by atoms with Gasteiger partial charge in [0.2, 0.25) is 47.3 Å². The number of likely N-dealkylation sites (tertiary alicyclic amines) is 3. The number of pyridine rings is 1. The fourth-order valence-corrected chi connectivity index (χ4v) is 15.2. The third-order valence-electron chi connectivity index (χ3n) is 16.7. The molecule has 148 heavy (non-hydrogen) atoms. The fraction of sp³-hybridized carbons (Fsp3) is 0.655. The van der Waals surface area contributed by atoms with E-state index >= 15 is 0 Å². The van der Waals surface area contributed by atoms with Crippen LogP contribution in [0.15, 0.2) is 51.5 Å². The van der Waals surface area contributed by atoms with Crippen LogP contribution in [0.25, 0.3) is 0 Å². The molecule has 0 bridgehead atoms. The van der Waals surface area contributed by atoms with E-state index in [-0.39, 0.29) is 355 Å². The minimum Gasteiger partial charge on any atom is -0.442 e. The first-order valence-corrected chi connectivity index (χ1v) is 52.0. The topological polar surface area (TPSA) is 654 Å². The monoisotopic (exact) mass is 2720 g/mol. The molecule has 5 aliphatic rings. The van der Waals surface area contributed by atoms with Gasteiger partial charge in [-0.2, -0.15) is 34.0 Å². The van der Waals surface area contributed by atoms with Crippen LogP contribution in [0, 0.1) is 0 Å². The van der Waals surface area contributed by atoms with E-state index in [1.165, 1.54) is 88.6 Å². The van der Waals surface area contributed by atoms with E-state index in [2.05, 4.69) is 164 Å². The molecule has 4 fully saturated rings. The summed E-state index contributed by atoms with van der Waals surface area (Å²) < 4.78 is 19.7. The number of aromatic nitrogens is 1. The molecule has 6 rings (SSSR count). The number of carbonyl (C=O) groups excluding carboxylic acids is 19. The van der Waals surface area contributed by atoms with Crippen LogP contribution in [0.1, 0.15) is 227 Å².